The summed E-state index contributed by atoms with van der Waals surface area (Å²) in [6, 6.07) is 3.81. The Labute approximate surface area is 132 Å². The summed E-state index contributed by atoms with van der Waals surface area (Å²) in [5.74, 6) is -1.26. The van der Waals surface area contributed by atoms with Crippen LogP contribution in [-0.4, -0.2) is 43.6 Å². The molecule has 0 atom stereocenters. The Morgan fingerprint density at radius 3 is 2.39 bits per heavy atom. The lowest BCUT2D eigenvalue weighted by Crippen LogP contribution is -2.25. The van der Waals surface area contributed by atoms with E-state index in [2.05, 4.69) is 0 Å². The lowest BCUT2D eigenvalue weighted by atomic mass is 10.2. The topological polar surface area (TPSA) is 118 Å². The van der Waals surface area contributed by atoms with Crippen molar-refractivity contribution in [2.75, 3.05) is 13.3 Å². The van der Waals surface area contributed by atoms with Gasteiger partial charge in [-0.05, 0) is 25.1 Å². The maximum Gasteiger partial charge on any atom is 0.339 e. The van der Waals surface area contributed by atoms with Crippen LogP contribution in [0, 0.1) is 6.92 Å². The van der Waals surface area contributed by atoms with Gasteiger partial charge in [0.2, 0.25) is 14.9 Å². The predicted molar refractivity (Wildman–Crippen MR) is 78.0 cm³/mol. The molecule has 0 aromatic carbocycles. The number of rotatable bonds is 5. The zero-order valence-corrected chi connectivity index (χ0v) is 13.5. The normalized spacial score (nSPS) is 11.4. The molecule has 0 bridgehead atoms. The highest BCUT2D eigenvalue weighted by Crippen LogP contribution is 2.19. The fraction of sp³-hybridized carbons (Fsp3) is 0.286. The van der Waals surface area contributed by atoms with E-state index in [1.54, 1.807) is 0 Å². The van der Waals surface area contributed by atoms with Crippen molar-refractivity contribution in [3.63, 3.8) is 0 Å². The van der Waals surface area contributed by atoms with E-state index in [1.807, 2.05) is 0 Å². The van der Waals surface area contributed by atoms with Crippen molar-refractivity contribution in [2.45, 2.75) is 18.6 Å². The molecular formula is C14H15NO7S. The third-order valence-electron chi connectivity index (χ3n) is 3.10. The molecule has 0 fully saturated rings. The van der Waals surface area contributed by atoms with E-state index in [-0.39, 0.29) is 28.7 Å². The number of carbonyl (C=O) groups excluding carboxylic acids is 1. The van der Waals surface area contributed by atoms with Crippen LogP contribution in [-0.2, 0) is 16.4 Å². The average molecular weight is 341 g/mol. The van der Waals surface area contributed by atoms with E-state index < -0.39 is 21.7 Å². The summed E-state index contributed by atoms with van der Waals surface area (Å²) in [5.41, 5.74) is 0.0261. The van der Waals surface area contributed by atoms with Gasteiger partial charge in [-0.2, -0.15) is 0 Å². The Morgan fingerprint density at radius 1 is 1.26 bits per heavy atom. The number of aryl methyl sites for hydroxylation is 1. The number of carboxylic acids is 1. The van der Waals surface area contributed by atoms with Crippen molar-refractivity contribution in [1.29, 1.82) is 0 Å². The summed E-state index contributed by atoms with van der Waals surface area (Å²) < 4.78 is 33.0. The second-order valence-corrected chi connectivity index (χ2v) is 6.99. The van der Waals surface area contributed by atoms with Crippen molar-refractivity contribution < 1.29 is 31.9 Å². The minimum Gasteiger partial charge on any atom is -0.478 e. The molecule has 8 nitrogen and oxygen atoms in total. The Bertz CT molecular complexity index is 860. The van der Waals surface area contributed by atoms with Gasteiger partial charge in [0, 0.05) is 13.3 Å². The van der Waals surface area contributed by atoms with E-state index in [9.17, 15) is 18.0 Å². The zero-order valence-electron chi connectivity index (χ0n) is 12.7. The zero-order chi connectivity index (χ0) is 17.4. The van der Waals surface area contributed by atoms with Crippen LogP contribution in [0.2, 0.25) is 0 Å². The third-order valence-corrected chi connectivity index (χ3v) is 4.05. The van der Waals surface area contributed by atoms with Crippen molar-refractivity contribution >= 4 is 21.7 Å². The highest BCUT2D eigenvalue weighted by atomic mass is 32.2. The molecule has 0 aliphatic rings. The number of amides is 1. The SMILES string of the molecule is Cc1oc(CN(C)C(=O)c2ccc(S(C)(=O)=O)o2)cc1C(=O)O. The van der Waals surface area contributed by atoms with Crippen molar-refractivity contribution in [3.8, 4) is 0 Å². The third kappa shape index (κ3) is 3.62. The Morgan fingerprint density at radius 2 is 1.91 bits per heavy atom. The highest BCUT2D eigenvalue weighted by molar-refractivity contribution is 7.90. The van der Waals surface area contributed by atoms with Gasteiger partial charge < -0.3 is 18.8 Å². The minimum absolute atomic E-state index is 0.0157. The number of aromatic carboxylic acids is 1. The standard InChI is InChI=1S/C14H15NO7S/c1-8-10(14(17)18)6-9(21-8)7-15(2)13(16)11-4-5-12(22-11)23(3,19)20/h4-6H,7H2,1-3H3,(H,17,18). The molecule has 0 radical (unpaired) electrons. The van der Waals surface area contributed by atoms with Crippen LogP contribution in [0.5, 0.6) is 0 Å². The van der Waals surface area contributed by atoms with Gasteiger partial charge in [-0.1, -0.05) is 0 Å². The van der Waals surface area contributed by atoms with Gasteiger partial charge in [0.1, 0.15) is 17.1 Å². The van der Waals surface area contributed by atoms with Crippen molar-refractivity contribution in [3.05, 3.63) is 41.0 Å². The number of nitrogens with zero attached hydrogens (tertiary/aromatic N) is 1. The first kappa shape index (κ1) is 16.8. The van der Waals surface area contributed by atoms with Crippen molar-refractivity contribution in [2.24, 2.45) is 0 Å². The summed E-state index contributed by atoms with van der Waals surface area (Å²) in [7, 11) is -2.07. The quantitative estimate of drug-likeness (QED) is 0.876. The molecule has 9 heteroatoms. The van der Waals surface area contributed by atoms with Crippen LogP contribution in [0.25, 0.3) is 0 Å². The lowest BCUT2D eigenvalue weighted by Gasteiger charge is -2.13. The van der Waals surface area contributed by atoms with E-state index >= 15 is 0 Å². The minimum atomic E-state index is -3.53. The van der Waals surface area contributed by atoms with Gasteiger partial charge in [0.05, 0.1) is 6.54 Å². The molecule has 2 aromatic heterocycles. The second-order valence-electron chi connectivity index (χ2n) is 5.04. The molecule has 23 heavy (non-hydrogen) atoms. The Hall–Kier alpha value is -2.55. The summed E-state index contributed by atoms with van der Waals surface area (Å²) in [6.07, 6.45) is 0.975. The second kappa shape index (κ2) is 5.92. The van der Waals surface area contributed by atoms with Gasteiger partial charge in [0.25, 0.3) is 5.91 Å². The molecule has 0 aliphatic heterocycles. The number of furan rings is 2. The molecule has 1 amide bonds. The highest BCUT2D eigenvalue weighted by Gasteiger charge is 2.22. The van der Waals surface area contributed by atoms with E-state index in [4.69, 9.17) is 13.9 Å². The Balaban J connectivity index is 2.16. The number of hydrogen-bond acceptors (Lipinski definition) is 6. The fourth-order valence-corrected chi connectivity index (χ4v) is 2.52. The molecule has 2 rings (SSSR count). The first-order valence-electron chi connectivity index (χ1n) is 6.47. The molecule has 0 saturated carbocycles. The first-order chi connectivity index (χ1) is 10.6. The monoisotopic (exact) mass is 341 g/mol. The van der Waals surface area contributed by atoms with Gasteiger partial charge in [-0.25, -0.2) is 13.2 Å². The molecule has 124 valence electrons. The van der Waals surface area contributed by atoms with Crippen LogP contribution in [0.3, 0.4) is 0 Å². The first-order valence-corrected chi connectivity index (χ1v) is 8.36. The lowest BCUT2D eigenvalue weighted by molar-refractivity contribution is 0.0693. The Kier molecular flexibility index (Phi) is 4.33. The molecule has 0 spiro atoms. The van der Waals surface area contributed by atoms with E-state index in [0.717, 1.165) is 6.26 Å². The van der Waals surface area contributed by atoms with Crippen LogP contribution >= 0.6 is 0 Å². The summed E-state index contributed by atoms with van der Waals surface area (Å²) >= 11 is 0. The smallest absolute Gasteiger partial charge is 0.339 e. The van der Waals surface area contributed by atoms with Gasteiger partial charge in [-0.15, -0.1) is 0 Å². The summed E-state index contributed by atoms with van der Waals surface area (Å²) in [5, 5.41) is 8.67. The summed E-state index contributed by atoms with van der Waals surface area (Å²) in [4.78, 5) is 24.4. The molecule has 2 heterocycles. The molecule has 1 N–H and O–H groups in total. The van der Waals surface area contributed by atoms with E-state index in [1.165, 1.54) is 37.1 Å². The molecule has 0 saturated heterocycles. The number of carbonyl (C=O) groups is 2. The molecule has 2 aromatic rings. The maximum atomic E-state index is 12.2. The van der Waals surface area contributed by atoms with Crippen LogP contribution in [0.1, 0.15) is 32.4 Å². The van der Waals surface area contributed by atoms with Crippen LogP contribution in [0.15, 0.2) is 32.1 Å². The molecular weight excluding hydrogens is 326 g/mol. The van der Waals surface area contributed by atoms with E-state index in [0.29, 0.717) is 5.76 Å². The predicted octanol–water partition coefficient (Wildman–Crippen LogP) is 1.55. The van der Waals surface area contributed by atoms with Gasteiger partial charge in [-0.3, -0.25) is 4.79 Å². The van der Waals surface area contributed by atoms with Crippen molar-refractivity contribution in [1.82, 2.24) is 4.90 Å². The number of sulfone groups is 1. The largest absolute Gasteiger partial charge is 0.478 e. The fourth-order valence-electron chi connectivity index (χ4n) is 1.96. The van der Waals surface area contributed by atoms with Gasteiger partial charge >= 0.3 is 5.97 Å². The van der Waals surface area contributed by atoms with Crippen LogP contribution < -0.4 is 0 Å². The van der Waals surface area contributed by atoms with Crippen LogP contribution in [0.4, 0.5) is 0 Å². The van der Waals surface area contributed by atoms with Gasteiger partial charge in [0.15, 0.2) is 5.76 Å². The molecule has 0 aliphatic carbocycles. The average Bonchev–Trinajstić information content (AvgIpc) is 3.04. The maximum absolute atomic E-state index is 12.2. The number of carboxylic acid groups (broad SMARTS) is 1. The molecule has 0 unspecified atom stereocenters. The number of hydrogen-bond donors (Lipinski definition) is 1. The summed E-state index contributed by atoms with van der Waals surface area (Å²) in [6.45, 7) is 1.53.